The highest BCUT2D eigenvalue weighted by molar-refractivity contribution is 5.95. The lowest BCUT2D eigenvalue weighted by atomic mass is 10.1. The van der Waals surface area contributed by atoms with E-state index in [2.05, 4.69) is 10.6 Å². The summed E-state index contributed by atoms with van der Waals surface area (Å²) in [7, 11) is 0. The third-order valence-electron chi connectivity index (χ3n) is 3.04. The van der Waals surface area contributed by atoms with Crippen LogP contribution in [-0.2, 0) is 6.54 Å². The van der Waals surface area contributed by atoms with Gasteiger partial charge in [0.1, 0.15) is 17.7 Å². The van der Waals surface area contributed by atoms with Crippen LogP contribution in [-0.4, -0.2) is 5.91 Å². The lowest BCUT2D eigenvalue weighted by Gasteiger charge is -2.07. The molecule has 0 spiro atoms. The molecule has 23 heavy (non-hydrogen) atoms. The Labute approximate surface area is 134 Å². The monoisotopic (exact) mass is 302 g/mol. The number of hydrogen-bond donors (Lipinski definition) is 2. The first kappa shape index (κ1) is 15.8. The molecule has 2 rings (SSSR count). The fourth-order valence-corrected chi connectivity index (χ4v) is 1.88. The van der Waals surface area contributed by atoms with Crippen LogP contribution in [0.25, 0.3) is 0 Å². The summed E-state index contributed by atoms with van der Waals surface area (Å²) in [5.41, 5.74) is 2.10. The SMILES string of the molecule is N#CC(C#N)=CNc1cccc(C(=O)NCc2ccccc2)c1. The van der Waals surface area contributed by atoms with Crippen molar-refractivity contribution in [2.24, 2.45) is 0 Å². The number of rotatable bonds is 5. The Balaban J connectivity index is 2.02. The van der Waals surface area contributed by atoms with Gasteiger partial charge in [-0.1, -0.05) is 36.4 Å². The molecule has 0 saturated heterocycles. The molecule has 1 amide bonds. The summed E-state index contributed by atoms with van der Waals surface area (Å²) in [5.74, 6) is -0.192. The first-order valence-corrected chi connectivity index (χ1v) is 6.92. The Kier molecular flexibility index (Phi) is 5.51. The zero-order chi connectivity index (χ0) is 16.5. The van der Waals surface area contributed by atoms with E-state index in [9.17, 15) is 4.79 Å². The van der Waals surface area contributed by atoms with Gasteiger partial charge in [-0.05, 0) is 23.8 Å². The molecule has 0 aromatic heterocycles. The summed E-state index contributed by atoms with van der Waals surface area (Å²) in [6.07, 6.45) is 1.31. The minimum atomic E-state index is -0.192. The fraction of sp³-hybridized carbons (Fsp3) is 0.0556. The van der Waals surface area contributed by atoms with Crippen molar-refractivity contribution in [2.75, 3.05) is 5.32 Å². The molecule has 0 radical (unpaired) electrons. The minimum absolute atomic E-state index is 0.0380. The van der Waals surface area contributed by atoms with Gasteiger partial charge in [0.25, 0.3) is 5.91 Å². The third kappa shape index (κ3) is 4.73. The quantitative estimate of drug-likeness (QED) is 0.831. The standard InChI is InChI=1S/C18H14N4O/c19-10-15(11-20)13-21-17-8-4-7-16(9-17)18(23)22-12-14-5-2-1-3-6-14/h1-9,13,21H,12H2,(H,22,23). The van der Waals surface area contributed by atoms with Gasteiger partial charge >= 0.3 is 0 Å². The largest absolute Gasteiger partial charge is 0.360 e. The Morgan fingerprint density at radius 3 is 2.48 bits per heavy atom. The first-order valence-electron chi connectivity index (χ1n) is 6.92. The summed E-state index contributed by atoms with van der Waals surface area (Å²) in [6, 6.07) is 20.0. The normalized spacial score (nSPS) is 9.13. The first-order chi connectivity index (χ1) is 11.2. The van der Waals surface area contributed by atoms with Crippen molar-refractivity contribution < 1.29 is 4.79 Å². The van der Waals surface area contributed by atoms with Crippen molar-refractivity contribution in [3.8, 4) is 12.1 Å². The molecule has 2 aromatic carbocycles. The van der Waals surface area contributed by atoms with Crippen LogP contribution in [0, 0.1) is 22.7 Å². The number of amides is 1. The van der Waals surface area contributed by atoms with Crippen LogP contribution in [0.4, 0.5) is 5.69 Å². The number of nitrogens with zero attached hydrogens (tertiary/aromatic N) is 2. The number of benzene rings is 2. The van der Waals surface area contributed by atoms with Gasteiger partial charge in [-0.25, -0.2) is 0 Å². The number of nitrogens with one attached hydrogen (secondary N) is 2. The second kappa shape index (κ2) is 8.02. The maximum atomic E-state index is 12.2. The third-order valence-corrected chi connectivity index (χ3v) is 3.04. The number of hydrogen-bond acceptors (Lipinski definition) is 4. The smallest absolute Gasteiger partial charge is 0.251 e. The Morgan fingerprint density at radius 1 is 1.04 bits per heavy atom. The molecule has 0 unspecified atom stereocenters. The molecular weight excluding hydrogens is 288 g/mol. The van der Waals surface area contributed by atoms with Crippen molar-refractivity contribution in [3.05, 3.63) is 77.5 Å². The van der Waals surface area contributed by atoms with E-state index in [0.717, 1.165) is 5.56 Å². The van der Waals surface area contributed by atoms with E-state index < -0.39 is 0 Å². The lowest BCUT2D eigenvalue weighted by molar-refractivity contribution is 0.0951. The molecular formula is C18H14N4O. The fourth-order valence-electron chi connectivity index (χ4n) is 1.88. The maximum Gasteiger partial charge on any atom is 0.251 e. The highest BCUT2D eigenvalue weighted by Crippen LogP contribution is 2.11. The predicted octanol–water partition coefficient (Wildman–Crippen LogP) is 2.96. The Hall–Kier alpha value is -3.57. The molecule has 0 bridgehead atoms. The molecule has 2 aromatic rings. The average molecular weight is 302 g/mol. The van der Waals surface area contributed by atoms with Crippen molar-refractivity contribution in [1.82, 2.24) is 5.32 Å². The van der Waals surface area contributed by atoms with Gasteiger partial charge in [0, 0.05) is 24.0 Å². The van der Waals surface area contributed by atoms with Crippen LogP contribution in [0.15, 0.2) is 66.4 Å². The zero-order valence-electron chi connectivity index (χ0n) is 12.3. The number of anilines is 1. The van der Waals surface area contributed by atoms with E-state index in [-0.39, 0.29) is 11.5 Å². The van der Waals surface area contributed by atoms with Crippen LogP contribution in [0.1, 0.15) is 15.9 Å². The lowest BCUT2D eigenvalue weighted by Crippen LogP contribution is -2.22. The number of allylic oxidation sites excluding steroid dienone is 1. The van der Waals surface area contributed by atoms with Gasteiger partial charge in [0.15, 0.2) is 0 Å². The molecule has 2 N–H and O–H groups in total. The van der Waals surface area contributed by atoms with Crippen molar-refractivity contribution >= 4 is 11.6 Å². The van der Waals surface area contributed by atoms with Crippen molar-refractivity contribution in [1.29, 1.82) is 10.5 Å². The molecule has 0 aliphatic rings. The molecule has 0 saturated carbocycles. The van der Waals surface area contributed by atoms with Crippen LogP contribution in [0.3, 0.4) is 0 Å². The summed E-state index contributed by atoms with van der Waals surface area (Å²) < 4.78 is 0. The van der Waals surface area contributed by atoms with Gasteiger partial charge in [0.05, 0.1) is 0 Å². The molecule has 0 aliphatic carbocycles. The molecule has 5 nitrogen and oxygen atoms in total. The molecule has 0 atom stereocenters. The van der Waals surface area contributed by atoms with E-state index in [1.165, 1.54) is 6.20 Å². The minimum Gasteiger partial charge on any atom is -0.360 e. The summed E-state index contributed by atoms with van der Waals surface area (Å²) in [4.78, 5) is 12.2. The van der Waals surface area contributed by atoms with Crippen LogP contribution in [0.5, 0.6) is 0 Å². The van der Waals surface area contributed by atoms with Crippen LogP contribution < -0.4 is 10.6 Å². The predicted molar refractivity (Wildman–Crippen MR) is 87.0 cm³/mol. The van der Waals surface area contributed by atoms with Crippen molar-refractivity contribution in [3.63, 3.8) is 0 Å². The summed E-state index contributed by atoms with van der Waals surface area (Å²) in [6.45, 7) is 0.449. The Morgan fingerprint density at radius 2 is 1.78 bits per heavy atom. The summed E-state index contributed by atoms with van der Waals surface area (Å²) in [5, 5.41) is 23.0. The summed E-state index contributed by atoms with van der Waals surface area (Å²) >= 11 is 0. The van der Waals surface area contributed by atoms with Crippen LogP contribution >= 0.6 is 0 Å². The van der Waals surface area contributed by atoms with Gasteiger partial charge in [0.2, 0.25) is 0 Å². The van der Waals surface area contributed by atoms with Gasteiger partial charge in [-0.2, -0.15) is 10.5 Å². The zero-order valence-corrected chi connectivity index (χ0v) is 12.3. The molecule has 112 valence electrons. The van der Waals surface area contributed by atoms with E-state index in [1.807, 2.05) is 30.3 Å². The van der Waals surface area contributed by atoms with E-state index in [0.29, 0.717) is 17.8 Å². The van der Waals surface area contributed by atoms with Crippen molar-refractivity contribution in [2.45, 2.75) is 6.54 Å². The second-order valence-corrected chi connectivity index (χ2v) is 4.68. The number of nitriles is 2. The number of carbonyl (C=O) groups is 1. The molecule has 0 aliphatic heterocycles. The Bertz CT molecular complexity index is 782. The molecule has 0 heterocycles. The highest BCUT2D eigenvalue weighted by atomic mass is 16.1. The van der Waals surface area contributed by atoms with E-state index in [1.54, 1.807) is 36.4 Å². The van der Waals surface area contributed by atoms with E-state index >= 15 is 0 Å². The maximum absolute atomic E-state index is 12.2. The van der Waals surface area contributed by atoms with Crippen LogP contribution in [0.2, 0.25) is 0 Å². The van der Waals surface area contributed by atoms with Gasteiger partial charge < -0.3 is 10.6 Å². The number of carbonyl (C=O) groups excluding carboxylic acids is 1. The topological polar surface area (TPSA) is 88.7 Å². The average Bonchev–Trinajstić information content (AvgIpc) is 2.61. The van der Waals surface area contributed by atoms with E-state index in [4.69, 9.17) is 10.5 Å². The highest BCUT2D eigenvalue weighted by Gasteiger charge is 2.05. The van der Waals surface area contributed by atoms with Gasteiger partial charge in [-0.15, -0.1) is 0 Å². The molecule has 5 heteroatoms. The second-order valence-electron chi connectivity index (χ2n) is 4.68. The van der Waals surface area contributed by atoms with Gasteiger partial charge in [-0.3, -0.25) is 4.79 Å². The molecule has 0 fully saturated rings.